The van der Waals surface area contributed by atoms with Gasteiger partial charge in [-0.2, -0.15) is 0 Å². The molecule has 0 radical (unpaired) electrons. The number of nitrogens with one attached hydrogen (secondary N) is 1. The van der Waals surface area contributed by atoms with Crippen molar-refractivity contribution < 1.29 is 10.2 Å². The Morgan fingerprint density at radius 1 is 0.923 bits per heavy atom. The van der Waals surface area contributed by atoms with Gasteiger partial charge in [-0.3, -0.25) is 4.98 Å². The second-order valence-electron chi connectivity index (χ2n) is 5.83. The van der Waals surface area contributed by atoms with Gasteiger partial charge in [0, 0.05) is 24.3 Å². The Morgan fingerprint density at radius 2 is 1.81 bits per heavy atom. The van der Waals surface area contributed by atoms with Gasteiger partial charge in [0.2, 0.25) is 0 Å². The largest absolute Gasteiger partial charge is 0.508 e. The van der Waals surface area contributed by atoms with Crippen molar-refractivity contribution in [3.63, 3.8) is 0 Å². The van der Waals surface area contributed by atoms with Crippen LogP contribution in [0.2, 0.25) is 0 Å². The SMILES string of the molecule is Oc1ccc(O)c(-c2nc(NCc3cccnc3)c3ccccc3n2)c1. The molecule has 0 aliphatic rings. The van der Waals surface area contributed by atoms with E-state index in [1.54, 1.807) is 12.4 Å². The summed E-state index contributed by atoms with van der Waals surface area (Å²) >= 11 is 0. The van der Waals surface area contributed by atoms with Crippen LogP contribution in [0.3, 0.4) is 0 Å². The van der Waals surface area contributed by atoms with Gasteiger partial charge in [0.1, 0.15) is 17.3 Å². The van der Waals surface area contributed by atoms with Gasteiger partial charge in [-0.05, 0) is 42.0 Å². The standard InChI is InChI=1S/C20H16N4O2/c25-14-7-8-18(26)16(10-14)20-23-17-6-2-1-5-15(17)19(24-20)22-12-13-4-3-9-21-11-13/h1-11,25-26H,12H2,(H,22,23,24). The van der Waals surface area contributed by atoms with Crippen LogP contribution in [-0.2, 0) is 6.54 Å². The maximum atomic E-state index is 10.1. The molecule has 0 aliphatic carbocycles. The number of benzene rings is 2. The fourth-order valence-corrected chi connectivity index (χ4v) is 2.72. The first-order chi connectivity index (χ1) is 12.7. The molecular formula is C20H16N4O2. The monoisotopic (exact) mass is 344 g/mol. The highest BCUT2D eigenvalue weighted by Gasteiger charge is 2.13. The van der Waals surface area contributed by atoms with Crippen molar-refractivity contribution >= 4 is 16.7 Å². The van der Waals surface area contributed by atoms with E-state index in [9.17, 15) is 10.2 Å². The minimum Gasteiger partial charge on any atom is -0.508 e. The summed E-state index contributed by atoms with van der Waals surface area (Å²) in [4.78, 5) is 13.2. The van der Waals surface area contributed by atoms with E-state index >= 15 is 0 Å². The molecule has 0 unspecified atom stereocenters. The molecule has 0 atom stereocenters. The Kier molecular flexibility index (Phi) is 4.07. The molecule has 128 valence electrons. The van der Waals surface area contributed by atoms with Gasteiger partial charge in [0.15, 0.2) is 5.82 Å². The lowest BCUT2D eigenvalue weighted by molar-refractivity contribution is 0.461. The summed E-state index contributed by atoms with van der Waals surface area (Å²) in [5.41, 5.74) is 2.14. The number of fused-ring (bicyclic) bond motifs is 1. The smallest absolute Gasteiger partial charge is 0.166 e. The Balaban J connectivity index is 1.79. The second kappa shape index (κ2) is 6.68. The molecule has 2 heterocycles. The molecule has 6 nitrogen and oxygen atoms in total. The molecule has 2 aromatic carbocycles. The van der Waals surface area contributed by atoms with E-state index in [1.807, 2.05) is 36.4 Å². The maximum Gasteiger partial charge on any atom is 0.166 e. The van der Waals surface area contributed by atoms with Crippen molar-refractivity contribution in [1.82, 2.24) is 15.0 Å². The number of aromatic nitrogens is 3. The first kappa shape index (κ1) is 15.8. The van der Waals surface area contributed by atoms with E-state index in [-0.39, 0.29) is 11.5 Å². The Morgan fingerprint density at radius 3 is 2.65 bits per heavy atom. The topological polar surface area (TPSA) is 91.2 Å². The second-order valence-corrected chi connectivity index (χ2v) is 5.83. The van der Waals surface area contributed by atoms with Crippen LogP contribution in [0.1, 0.15) is 5.56 Å². The number of phenols is 2. The van der Waals surface area contributed by atoms with Crippen molar-refractivity contribution in [3.05, 3.63) is 72.6 Å². The van der Waals surface area contributed by atoms with Gasteiger partial charge in [0.05, 0.1) is 11.1 Å². The van der Waals surface area contributed by atoms with Crippen LogP contribution in [0, 0.1) is 0 Å². The number of anilines is 1. The van der Waals surface area contributed by atoms with Gasteiger partial charge in [-0.1, -0.05) is 18.2 Å². The number of phenolic OH excluding ortho intramolecular Hbond substituents is 2. The van der Waals surface area contributed by atoms with Crippen LogP contribution < -0.4 is 5.32 Å². The van der Waals surface area contributed by atoms with Gasteiger partial charge >= 0.3 is 0 Å². The molecule has 4 aromatic rings. The highest BCUT2D eigenvalue weighted by atomic mass is 16.3. The van der Waals surface area contributed by atoms with E-state index < -0.39 is 0 Å². The molecule has 0 fully saturated rings. The molecule has 0 bridgehead atoms. The van der Waals surface area contributed by atoms with E-state index in [2.05, 4.69) is 20.3 Å². The first-order valence-corrected chi connectivity index (χ1v) is 8.12. The molecule has 0 saturated carbocycles. The summed E-state index contributed by atoms with van der Waals surface area (Å²) in [5.74, 6) is 1.04. The molecular weight excluding hydrogens is 328 g/mol. The van der Waals surface area contributed by atoms with Gasteiger partial charge in [0.25, 0.3) is 0 Å². The molecule has 0 saturated heterocycles. The van der Waals surface area contributed by atoms with Crippen LogP contribution in [0.5, 0.6) is 11.5 Å². The van der Waals surface area contributed by atoms with Crippen molar-refractivity contribution in [2.75, 3.05) is 5.32 Å². The van der Waals surface area contributed by atoms with E-state index in [4.69, 9.17) is 0 Å². The average Bonchev–Trinajstić information content (AvgIpc) is 2.68. The molecule has 4 rings (SSSR count). The molecule has 26 heavy (non-hydrogen) atoms. The summed E-state index contributed by atoms with van der Waals surface area (Å²) in [6, 6.07) is 15.8. The lowest BCUT2D eigenvalue weighted by atomic mass is 10.1. The minimum atomic E-state index is 0.0105. The van der Waals surface area contributed by atoms with E-state index in [0.717, 1.165) is 16.5 Å². The summed E-state index contributed by atoms with van der Waals surface area (Å²) in [6.45, 7) is 0.556. The van der Waals surface area contributed by atoms with Crippen LogP contribution in [-0.4, -0.2) is 25.2 Å². The van der Waals surface area contributed by atoms with Crippen molar-refractivity contribution in [2.45, 2.75) is 6.54 Å². The van der Waals surface area contributed by atoms with Crippen LogP contribution >= 0.6 is 0 Å². The Hall–Kier alpha value is -3.67. The summed E-state index contributed by atoms with van der Waals surface area (Å²) in [7, 11) is 0. The number of nitrogens with zero attached hydrogens (tertiary/aromatic N) is 3. The zero-order chi connectivity index (χ0) is 17.9. The van der Waals surface area contributed by atoms with Gasteiger partial charge in [-0.15, -0.1) is 0 Å². The Labute approximate surface area is 149 Å². The molecule has 2 aromatic heterocycles. The number of pyridine rings is 1. The normalized spacial score (nSPS) is 10.8. The zero-order valence-electron chi connectivity index (χ0n) is 13.8. The Bertz CT molecular complexity index is 1070. The molecule has 0 amide bonds. The number of aromatic hydroxyl groups is 2. The maximum absolute atomic E-state index is 10.1. The lowest BCUT2D eigenvalue weighted by Gasteiger charge is -2.12. The molecule has 0 spiro atoms. The fourth-order valence-electron chi connectivity index (χ4n) is 2.72. The molecule has 0 aliphatic heterocycles. The third-order valence-corrected chi connectivity index (χ3v) is 4.01. The predicted octanol–water partition coefficient (Wildman–Crippen LogP) is 3.72. The number of hydrogen-bond acceptors (Lipinski definition) is 6. The third kappa shape index (κ3) is 3.12. The molecule has 3 N–H and O–H groups in total. The van der Waals surface area contributed by atoms with Crippen LogP contribution in [0.15, 0.2) is 67.0 Å². The van der Waals surface area contributed by atoms with Gasteiger partial charge < -0.3 is 15.5 Å². The van der Waals surface area contributed by atoms with Crippen molar-refractivity contribution in [3.8, 4) is 22.9 Å². The van der Waals surface area contributed by atoms with E-state index in [0.29, 0.717) is 23.8 Å². The average molecular weight is 344 g/mol. The van der Waals surface area contributed by atoms with Crippen molar-refractivity contribution in [2.24, 2.45) is 0 Å². The first-order valence-electron chi connectivity index (χ1n) is 8.12. The minimum absolute atomic E-state index is 0.0105. The summed E-state index contributed by atoms with van der Waals surface area (Å²) in [6.07, 6.45) is 3.52. The zero-order valence-corrected chi connectivity index (χ0v) is 13.8. The number of rotatable bonds is 4. The molecule has 6 heteroatoms. The summed E-state index contributed by atoms with van der Waals surface area (Å²) in [5, 5.41) is 24.1. The van der Waals surface area contributed by atoms with E-state index in [1.165, 1.54) is 18.2 Å². The van der Waals surface area contributed by atoms with Crippen LogP contribution in [0.4, 0.5) is 5.82 Å². The summed E-state index contributed by atoms with van der Waals surface area (Å²) < 4.78 is 0. The third-order valence-electron chi connectivity index (χ3n) is 4.01. The van der Waals surface area contributed by atoms with Crippen LogP contribution in [0.25, 0.3) is 22.3 Å². The number of hydrogen-bond donors (Lipinski definition) is 3. The van der Waals surface area contributed by atoms with Crippen molar-refractivity contribution in [1.29, 1.82) is 0 Å². The fraction of sp³-hybridized carbons (Fsp3) is 0.0500. The predicted molar refractivity (Wildman–Crippen MR) is 99.9 cm³/mol. The number of para-hydroxylation sites is 1. The quantitative estimate of drug-likeness (QED) is 0.489. The highest BCUT2D eigenvalue weighted by molar-refractivity contribution is 5.91. The highest BCUT2D eigenvalue weighted by Crippen LogP contribution is 2.32. The van der Waals surface area contributed by atoms with Gasteiger partial charge in [-0.25, -0.2) is 9.97 Å². The lowest BCUT2D eigenvalue weighted by Crippen LogP contribution is -2.04.